The Hall–Kier alpha value is -2.08. The number of furan rings is 1. The van der Waals surface area contributed by atoms with Gasteiger partial charge in [-0.1, -0.05) is 0 Å². The summed E-state index contributed by atoms with van der Waals surface area (Å²) in [6.07, 6.45) is 4.38. The maximum atomic E-state index is 12.4. The zero-order chi connectivity index (χ0) is 16.1. The van der Waals surface area contributed by atoms with Crippen LogP contribution in [0.5, 0.6) is 0 Å². The lowest BCUT2D eigenvalue weighted by Crippen LogP contribution is -2.45. The van der Waals surface area contributed by atoms with E-state index in [1.165, 1.54) is 5.56 Å². The third-order valence-electron chi connectivity index (χ3n) is 4.10. The second-order valence-corrected chi connectivity index (χ2v) is 6.45. The first-order valence-electron chi connectivity index (χ1n) is 7.84. The zero-order valence-corrected chi connectivity index (χ0v) is 13.7. The number of thiophene rings is 1. The molecule has 2 amide bonds. The Morgan fingerprint density at radius 3 is 3.04 bits per heavy atom. The van der Waals surface area contributed by atoms with Gasteiger partial charge in [-0.05, 0) is 53.8 Å². The molecule has 0 spiro atoms. The van der Waals surface area contributed by atoms with Crippen LogP contribution in [0.25, 0.3) is 0 Å². The molecule has 0 aliphatic carbocycles. The topological polar surface area (TPSA) is 62.6 Å². The fraction of sp³-hybridized carbons (Fsp3) is 0.412. The summed E-state index contributed by atoms with van der Waals surface area (Å²) in [6.45, 7) is 1.03. The first-order valence-corrected chi connectivity index (χ1v) is 8.79. The van der Waals surface area contributed by atoms with Gasteiger partial charge < -0.3 is 14.6 Å². The average molecular weight is 332 g/mol. The predicted octanol–water partition coefficient (Wildman–Crippen LogP) is 2.58. The van der Waals surface area contributed by atoms with Crippen LogP contribution in [0.15, 0.2) is 39.6 Å². The molecule has 2 aromatic heterocycles. The first-order chi connectivity index (χ1) is 11.2. The van der Waals surface area contributed by atoms with Crippen LogP contribution in [0.3, 0.4) is 0 Å². The number of hydrogen-bond donors (Lipinski definition) is 1. The van der Waals surface area contributed by atoms with Crippen molar-refractivity contribution in [3.05, 3.63) is 46.5 Å². The first kappa shape index (κ1) is 15.8. The van der Waals surface area contributed by atoms with E-state index in [1.807, 2.05) is 17.5 Å². The van der Waals surface area contributed by atoms with Crippen molar-refractivity contribution < 1.29 is 14.0 Å². The van der Waals surface area contributed by atoms with Gasteiger partial charge in [-0.2, -0.15) is 11.3 Å². The van der Waals surface area contributed by atoms with Gasteiger partial charge in [-0.15, -0.1) is 0 Å². The summed E-state index contributed by atoms with van der Waals surface area (Å²) in [5.41, 5.74) is 1.18. The highest BCUT2D eigenvalue weighted by Gasteiger charge is 2.33. The normalized spacial score (nSPS) is 17.4. The molecule has 122 valence electrons. The summed E-state index contributed by atoms with van der Waals surface area (Å²) >= 11 is 1.64. The Balaban J connectivity index is 1.51. The molecule has 3 heterocycles. The van der Waals surface area contributed by atoms with E-state index >= 15 is 0 Å². The molecular formula is C17H20N2O3S. The summed E-state index contributed by atoms with van der Waals surface area (Å²) in [4.78, 5) is 26.5. The lowest BCUT2D eigenvalue weighted by molar-refractivity contribution is -0.138. The van der Waals surface area contributed by atoms with Gasteiger partial charge in [0.25, 0.3) is 0 Å². The van der Waals surface area contributed by atoms with Crippen LogP contribution >= 0.6 is 11.3 Å². The maximum Gasteiger partial charge on any atom is 0.243 e. The Labute approximate surface area is 139 Å². The van der Waals surface area contributed by atoms with E-state index in [1.54, 1.807) is 28.6 Å². The molecule has 1 fully saturated rings. The van der Waals surface area contributed by atoms with Crippen molar-refractivity contribution >= 4 is 23.2 Å². The zero-order valence-electron chi connectivity index (χ0n) is 12.9. The third kappa shape index (κ3) is 4.01. The second-order valence-electron chi connectivity index (χ2n) is 5.67. The molecule has 1 atom stereocenters. The van der Waals surface area contributed by atoms with Gasteiger partial charge in [-0.25, -0.2) is 0 Å². The highest BCUT2D eigenvalue weighted by molar-refractivity contribution is 7.07. The van der Waals surface area contributed by atoms with Crippen LogP contribution in [0.1, 0.15) is 30.6 Å². The molecule has 1 N–H and O–H groups in total. The smallest absolute Gasteiger partial charge is 0.243 e. The average Bonchev–Trinajstić information content (AvgIpc) is 3.32. The van der Waals surface area contributed by atoms with Crippen LogP contribution in [-0.4, -0.2) is 29.3 Å². The van der Waals surface area contributed by atoms with Gasteiger partial charge in [0.1, 0.15) is 11.8 Å². The van der Waals surface area contributed by atoms with Gasteiger partial charge >= 0.3 is 0 Å². The van der Waals surface area contributed by atoms with E-state index in [9.17, 15) is 9.59 Å². The fourth-order valence-corrected chi connectivity index (χ4v) is 3.58. The largest absolute Gasteiger partial charge is 0.467 e. The van der Waals surface area contributed by atoms with Crippen molar-refractivity contribution in [3.63, 3.8) is 0 Å². The molecule has 0 aromatic carbocycles. The van der Waals surface area contributed by atoms with Gasteiger partial charge in [0, 0.05) is 13.0 Å². The van der Waals surface area contributed by atoms with Gasteiger partial charge in [0.2, 0.25) is 11.8 Å². The molecule has 3 rings (SSSR count). The third-order valence-corrected chi connectivity index (χ3v) is 4.83. The molecule has 0 radical (unpaired) electrons. The molecule has 1 unspecified atom stereocenters. The monoisotopic (exact) mass is 332 g/mol. The van der Waals surface area contributed by atoms with Gasteiger partial charge in [0.15, 0.2) is 0 Å². The van der Waals surface area contributed by atoms with E-state index < -0.39 is 0 Å². The predicted molar refractivity (Wildman–Crippen MR) is 87.9 cm³/mol. The number of hydrogen-bond acceptors (Lipinski definition) is 4. The van der Waals surface area contributed by atoms with E-state index in [0.717, 1.165) is 19.3 Å². The van der Waals surface area contributed by atoms with E-state index in [0.29, 0.717) is 25.3 Å². The van der Waals surface area contributed by atoms with Gasteiger partial charge in [0.05, 0.1) is 12.8 Å². The Morgan fingerprint density at radius 1 is 1.39 bits per heavy atom. The molecule has 5 nitrogen and oxygen atoms in total. The number of likely N-dealkylation sites (tertiary alicyclic amines) is 1. The number of carbonyl (C=O) groups excluding carboxylic acids is 2. The minimum atomic E-state index is -0.347. The highest BCUT2D eigenvalue weighted by atomic mass is 32.1. The Morgan fingerprint density at radius 2 is 2.30 bits per heavy atom. The quantitative estimate of drug-likeness (QED) is 0.884. The van der Waals surface area contributed by atoms with Crippen molar-refractivity contribution in [2.75, 3.05) is 6.54 Å². The molecule has 2 aromatic rings. The summed E-state index contributed by atoms with van der Waals surface area (Å²) in [5.74, 6) is 0.682. The summed E-state index contributed by atoms with van der Waals surface area (Å²) in [5, 5.41) is 6.93. The number of amides is 2. The highest BCUT2D eigenvalue weighted by Crippen LogP contribution is 2.20. The van der Waals surface area contributed by atoms with Crippen LogP contribution in [0.4, 0.5) is 0 Å². The molecular weight excluding hydrogens is 312 g/mol. The summed E-state index contributed by atoms with van der Waals surface area (Å²) < 4.78 is 5.21. The lowest BCUT2D eigenvalue weighted by atomic mass is 10.1. The number of aryl methyl sites for hydroxylation is 1. The van der Waals surface area contributed by atoms with Crippen molar-refractivity contribution in [3.8, 4) is 0 Å². The minimum Gasteiger partial charge on any atom is -0.467 e. The van der Waals surface area contributed by atoms with Crippen LogP contribution in [0.2, 0.25) is 0 Å². The lowest BCUT2D eigenvalue weighted by Gasteiger charge is -2.23. The number of rotatable bonds is 6. The molecule has 0 saturated carbocycles. The number of nitrogens with one attached hydrogen (secondary N) is 1. The van der Waals surface area contributed by atoms with Crippen molar-refractivity contribution in [1.29, 1.82) is 0 Å². The SMILES string of the molecule is O=C(NCc1ccco1)C1CCCN1C(=O)CCc1ccsc1. The van der Waals surface area contributed by atoms with E-state index in [4.69, 9.17) is 4.42 Å². The maximum absolute atomic E-state index is 12.4. The second kappa shape index (κ2) is 7.46. The van der Waals surface area contributed by atoms with Crippen LogP contribution in [0, 0.1) is 0 Å². The molecule has 1 saturated heterocycles. The van der Waals surface area contributed by atoms with Crippen molar-refractivity contribution in [2.24, 2.45) is 0 Å². The Bertz CT molecular complexity index is 581. The van der Waals surface area contributed by atoms with Crippen LogP contribution in [-0.2, 0) is 22.6 Å². The van der Waals surface area contributed by atoms with E-state index in [-0.39, 0.29) is 17.9 Å². The van der Waals surface area contributed by atoms with Crippen molar-refractivity contribution in [2.45, 2.75) is 38.3 Å². The molecule has 1 aliphatic heterocycles. The Kier molecular flexibility index (Phi) is 5.12. The summed E-state index contributed by atoms with van der Waals surface area (Å²) in [6, 6.07) is 5.30. The molecule has 6 heteroatoms. The molecule has 0 bridgehead atoms. The van der Waals surface area contributed by atoms with Gasteiger partial charge in [-0.3, -0.25) is 9.59 Å². The number of carbonyl (C=O) groups is 2. The molecule has 1 aliphatic rings. The summed E-state index contributed by atoms with van der Waals surface area (Å²) in [7, 11) is 0. The van der Waals surface area contributed by atoms with Crippen LogP contribution < -0.4 is 5.32 Å². The van der Waals surface area contributed by atoms with Crippen molar-refractivity contribution in [1.82, 2.24) is 10.2 Å². The molecule has 23 heavy (non-hydrogen) atoms. The van der Waals surface area contributed by atoms with E-state index in [2.05, 4.69) is 10.7 Å². The standard InChI is InChI=1S/C17H20N2O3S/c20-16(6-5-13-7-10-23-12-13)19-8-1-4-15(19)17(21)18-11-14-3-2-9-22-14/h2-3,7,9-10,12,15H,1,4-6,8,11H2,(H,18,21). The minimum absolute atomic E-state index is 0.0619. The fourth-order valence-electron chi connectivity index (χ4n) is 2.87. The number of nitrogens with zero attached hydrogens (tertiary/aromatic N) is 1.